The van der Waals surface area contributed by atoms with Crippen LogP contribution in [0.2, 0.25) is 0 Å². The third-order valence-corrected chi connectivity index (χ3v) is 3.02. The van der Waals surface area contributed by atoms with Gasteiger partial charge in [0.1, 0.15) is 5.76 Å². The predicted octanol–water partition coefficient (Wildman–Crippen LogP) is 1.08. The minimum atomic E-state index is -0.409. The third-order valence-electron chi connectivity index (χ3n) is 3.02. The fraction of sp³-hybridized carbons (Fsp3) is 0.286. The van der Waals surface area contributed by atoms with Gasteiger partial charge in [-0.2, -0.15) is 0 Å². The van der Waals surface area contributed by atoms with Crippen LogP contribution >= 0.6 is 0 Å². The minimum absolute atomic E-state index is 0.232. The van der Waals surface area contributed by atoms with Crippen molar-refractivity contribution in [3.63, 3.8) is 0 Å². The largest absolute Gasteiger partial charge is 0.361 e. The Bertz CT molecular complexity index is 617. The van der Waals surface area contributed by atoms with Crippen LogP contribution in [-0.4, -0.2) is 22.0 Å². The quantitative estimate of drug-likeness (QED) is 0.820. The zero-order valence-corrected chi connectivity index (χ0v) is 11.8. The van der Waals surface area contributed by atoms with Crippen molar-refractivity contribution in [3.8, 4) is 0 Å². The van der Waals surface area contributed by atoms with Crippen molar-refractivity contribution in [2.75, 3.05) is 0 Å². The minimum Gasteiger partial charge on any atom is -0.361 e. The van der Waals surface area contributed by atoms with Crippen molar-refractivity contribution in [1.82, 2.24) is 21.0 Å². The molecule has 110 valence electrons. The van der Waals surface area contributed by atoms with E-state index in [2.05, 4.69) is 21.0 Å². The Balaban J connectivity index is 1.79. The first-order valence-corrected chi connectivity index (χ1v) is 6.49. The van der Waals surface area contributed by atoms with Gasteiger partial charge in [0.15, 0.2) is 0 Å². The molecule has 21 heavy (non-hydrogen) atoms. The van der Waals surface area contributed by atoms with Gasteiger partial charge in [-0.05, 0) is 32.4 Å². The second kappa shape index (κ2) is 6.65. The molecule has 0 radical (unpaired) electrons. The molecule has 0 aliphatic rings. The van der Waals surface area contributed by atoms with Gasteiger partial charge >= 0.3 is 0 Å². The van der Waals surface area contributed by atoms with E-state index in [1.165, 1.54) is 6.20 Å². The Kier molecular flexibility index (Phi) is 4.65. The average Bonchev–Trinajstić information content (AvgIpc) is 2.82. The summed E-state index contributed by atoms with van der Waals surface area (Å²) in [5, 5.41) is 3.82. The maximum Gasteiger partial charge on any atom is 0.271 e. The number of nitrogens with one attached hydrogen (secondary N) is 2. The van der Waals surface area contributed by atoms with Gasteiger partial charge in [-0.25, -0.2) is 0 Å². The molecule has 0 atom stereocenters. The molecule has 7 nitrogen and oxygen atoms in total. The van der Waals surface area contributed by atoms with Gasteiger partial charge in [0, 0.05) is 24.4 Å². The smallest absolute Gasteiger partial charge is 0.271 e. The molecule has 0 fully saturated rings. The van der Waals surface area contributed by atoms with Crippen LogP contribution in [0.25, 0.3) is 0 Å². The number of hydrogen-bond donors (Lipinski definition) is 2. The van der Waals surface area contributed by atoms with Crippen molar-refractivity contribution in [1.29, 1.82) is 0 Å². The monoisotopic (exact) mass is 288 g/mol. The van der Waals surface area contributed by atoms with Gasteiger partial charge < -0.3 is 4.52 Å². The molecule has 2 rings (SSSR count). The van der Waals surface area contributed by atoms with Gasteiger partial charge in [0.2, 0.25) is 5.91 Å². The molecule has 2 amide bonds. The molecule has 0 unspecified atom stereocenters. The average molecular weight is 288 g/mol. The van der Waals surface area contributed by atoms with Crippen molar-refractivity contribution in [2.45, 2.75) is 26.7 Å². The van der Waals surface area contributed by atoms with Crippen LogP contribution in [0.1, 0.15) is 33.8 Å². The second-order valence-corrected chi connectivity index (χ2v) is 4.55. The number of pyridine rings is 1. The highest BCUT2D eigenvalue weighted by Gasteiger charge is 2.12. The highest BCUT2D eigenvalue weighted by molar-refractivity contribution is 5.95. The van der Waals surface area contributed by atoms with E-state index in [-0.39, 0.29) is 12.3 Å². The number of aryl methyl sites for hydroxylation is 2. The number of rotatable bonds is 4. The van der Waals surface area contributed by atoms with Gasteiger partial charge in [-0.1, -0.05) is 5.16 Å². The molecule has 2 aromatic rings. The summed E-state index contributed by atoms with van der Waals surface area (Å²) in [6.45, 7) is 3.63. The number of hydrogen-bond acceptors (Lipinski definition) is 5. The third kappa shape index (κ3) is 3.88. The molecule has 0 saturated heterocycles. The molecule has 0 spiro atoms. The Morgan fingerprint density at radius 3 is 2.71 bits per heavy atom. The van der Waals surface area contributed by atoms with Crippen LogP contribution in [-0.2, 0) is 11.2 Å². The molecule has 0 aliphatic heterocycles. The summed E-state index contributed by atoms with van der Waals surface area (Å²) in [6, 6.07) is 3.26. The molecule has 0 aliphatic carbocycles. The molecular formula is C14H16N4O3. The maximum absolute atomic E-state index is 11.7. The van der Waals surface area contributed by atoms with Crippen LogP contribution < -0.4 is 10.9 Å². The van der Waals surface area contributed by atoms with Crippen molar-refractivity contribution < 1.29 is 14.1 Å². The molecule has 0 aromatic carbocycles. The number of amides is 2. The van der Waals surface area contributed by atoms with Gasteiger partial charge in [0.05, 0.1) is 11.3 Å². The Hall–Kier alpha value is -2.70. The summed E-state index contributed by atoms with van der Waals surface area (Å²) in [6.07, 6.45) is 3.73. The van der Waals surface area contributed by atoms with E-state index in [0.29, 0.717) is 17.7 Å². The number of carbonyl (C=O) groups is 2. The number of aromatic nitrogens is 2. The first kappa shape index (κ1) is 14.7. The normalized spacial score (nSPS) is 10.2. The lowest BCUT2D eigenvalue weighted by Gasteiger charge is -2.07. The predicted molar refractivity (Wildman–Crippen MR) is 74.1 cm³/mol. The highest BCUT2D eigenvalue weighted by Crippen LogP contribution is 2.13. The Morgan fingerprint density at radius 1 is 1.29 bits per heavy atom. The van der Waals surface area contributed by atoms with Crippen LogP contribution in [0.5, 0.6) is 0 Å². The summed E-state index contributed by atoms with van der Waals surface area (Å²) in [5.74, 6) is 0.0146. The zero-order chi connectivity index (χ0) is 15.2. The molecule has 0 bridgehead atoms. The Morgan fingerprint density at radius 2 is 2.10 bits per heavy atom. The summed E-state index contributed by atoms with van der Waals surface area (Å²) >= 11 is 0. The second-order valence-electron chi connectivity index (χ2n) is 4.55. The summed E-state index contributed by atoms with van der Waals surface area (Å²) < 4.78 is 5.03. The van der Waals surface area contributed by atoms with Crippen LogP contribution in [0.3, 0.4) is 0 Å². The van der Waals surface area contributed by atoms with Crippen LogP contribution in [0.4, 0.5) is 0 Å². The fourth-order valence-corrected chi connectivity index (χ4v) is 1.86. The van der Waals surface area contributed by atoms with E-state index in [4.69, 9.17) is 4.52 Å². The summed E-state index contributed by atoms with van der Waals surface area (Å²) in [5.41, 5.74) is 6.78. The van der Waals surface area contributed by atoms with Gasteiger partial charge in [-0.15, -0.1) is 0 Å². The van der Waals surface area contributed by atoms with Gasteiger partial charge in [-0.3, -0.25) is 25.4 Å². The summed E-state index contributed by atoms with van der Waals surface area (Å²) in [4.78, 5) is 27.2. The van der Waals surface area contributed by atoms with E-state index in [9.17, 15) is 9.59 Å². The molecule has 7 heteroatoms. The molecular weight excluding hydrogens is 272 g/mol. The topological polar surface area (TPSA) is 97.1 Å². The van der Waals surface area contributed by atoms with E-state index in [1.807, 2.05) is 6.92 Å². The first-order valence-electron chi connectivity index (χ1n) is 6.49. The number of carbonyl (C=O) groups excluding carboxylic acids is 2. The van der Waals surface area contributed by atoms with Crippen molar-refractivity contribution >= 4 is 11.8 Å². The van der Waals surface area contributed by atoms with Gasteiger partial charge in [0.25, 0.3) is 5.91 Å². The SMILES string of the molecule is Cc1noc(C)c1CCC(=O)NNC(=O)c1cccnc1. The van der Waals surface area contributed by atoms with Crippen LogP contribution in [0.15, 0.2) is 29.0 Å². The first-order chi connectivity index (χ1) is 10.1. The Labute approximate surface area is 121 Å². The molecule has 2 heterocycles. The van der Waals surface area contributed by atoms with E-state index in [0.717, 1.165) is 11.3 Å². The summed E-state index contributed by atoms with van der Waals surface area (Å²) in [7, 11) is 0. The lowest BCUT2D eigenvalue weighted by Crippen LogP contribution is -2.41. The van der Waals surface area contributed by atoms with Crippen LogP contribution in [0, 0.1) is 13.8 Å². The maximum atomic E-state index is 11.7. The van der Waals surface area contributed by atoms with Crippen molar-refractivity contribution in [3.05, 3.63) is 47.1 Å². The highest BCUT2D eigenvalue weighted by atomic mass is 16.5. The molecule has 2 N–H and O–H groups in total. The zero-order valence-electron chi connectivity index (χ0n) is 11.8. The number of nitrogens with zero attached hydrogens (tertiary/aromatic N) is 2. The number of hydrazine groups is 1. The fourth-order valence-electron chi connectivity index (χ4n) is 1.86. The standard InChI is InChI=1S/C14H16N4O3/c1-9-12(10(2)21-18-9)5-6-13(19)16-17-14(20)11-4-3-7-15-8-11/h3-4,7-8H,5-6H2,1-2H3,(H,16,19)(H,17,20). The van der Waals surface area contributed by atoms with E-state index in [1.54, 1.807) is 25.3 Å². The lowest BCUT2D eigenvalue weighted by molar-refractivity contribution is -0.121. The molecule has 0 saturated carbocycles. The lowest BCUT2D eigenvalue weighted by atomic mass is 10.1. The van der Waals surface area contributed by atoms with Crippen molar-refractivity contribution in [2.24, 2.45) is 0 Å². The van der Waals surface area contributed by atoms with E-state index >= 15 is 0 Å². The molecule has 2 aromatic heterocycles. The van der Waals surface area contributed by atoms with E-state index < -0.39 is 5.91 Å².